The topological polar surface area (TPSA) is 56.9 Å². The second kappa shape index (κ2) is 5.47. The van der Waals surface area contributed by atoms with Crippen molar-refractivity contribution in [2.45, 2.75) is 0 Å². The van der Waals surface area contributed by atoms with E-state index in [4.69, 9.17) is 9.52 Å². The Morgan fingerprint density at radius 3 is 2.33 bits per heavy atom. The van der Waals surface area contributed by atoms with Gasteiger partial charge in [0.15, 0.2) is 5.88 Å². The number of carbonyl (C=O) groups is 1. The predicted molar refractivity (Wildman–Crippen MR) is 76.5 cm³/mol. The lowest BCUT2D eigenvalue weighted by Gasteiger charge is -2.36. The molecule has 1 N–H and O–H groups in total. The minimum absolute atomic E-state index is 0.0680. The molecule has 6 heteroatoms. The van der Waals surface area contributed by atoms with Gasteiger partial charge in [0, 0.05) is 32.2 Å². The summed E-state index contributed by atoms with van der Waals surface area (Å²) in [5.74, 6) is -0.828. The Balaban J connectivity index is 1.67. The molecule has 0 unspecified atom stereocenters. The van der Waals surface area contributed by atoms with E-state index in [0.717, 1.165) is 0 Å². The number of aromatic carboxylic acids is 1. The molecular formula is C15H15FN2O3. The van der Waals surface area contributed by atoms with Gasteiger partial charge in [-0.05, 0) is 18.2 Å². The quantitative estimate of drug-likeness (QED) is 0.941. The van der Waals surface area contributed by atoms with Crippen LogP contribution < -0.4 is 9.80 Å². The number of benzene rings is 1. The minimum atomic E-state index is -1.08. The SMILES string of the molecule is O=C(O)c1ccc(N2CCN(c3ccccc3F)CC2)o1. The third-order valence-corrected chi connectivity index (χ3v) is 3.59. The molecule has 3 rings (SSSR count). The van der Waals surface area contributed by atoms with Crippen molar-refractivity contribution in [3.05, 3.63) is 48.0 Å². The standard InChI is InChI=1S/C15H15FN2O3/c16-11-3-1-2-4-12(11)17-7-9-18(10-8-17)14-6-5-13(21-14)15(19)20/h1-6H,7-10H2,(H,19,20). The number of nitrogens with zero attached hydrogens (tertiary/aromatic N) is 2. The van der Waals surface area contributed by atoms with E-state index in [-0.39, 0.29) is 11.6 Å². The molecule has 1 aromatic heterocycles. The van der Waals surface area contributed by atoms with Gasteiger partial charge in [-0.2, -0.15) is 0 Å². The third-order valence-electron chi connectivity index (χ3n) is 3.59. The van der Waals surface area contributed by atoms with Crippen molar-refractivity contribution in [1.82, 2.24) is 0 Å². The molecule has 0 saturated carbocycles. The van der Waals surface area contributed by atoms with Crippen LogP contribution in [0.3, 0.4) is 0 Å². The molecule has 0 radical (unpaired) electrons. The van der Waals surface area contributed by atoms with Crippen LogP contribution in [0.4, 0.5) is 16.0 Å². The Labute approximate surface area is 121 Å². The van der Waals surface area contributed by atoms with Gasteiger partial charge in [-0.25, -0.2) is 9.18 Å². The van der Waals surface area contributed by atoms with Crippen LogP contribution in [-0.2, 0) is 0 Å². The molecule has 0 amide bonds. The normalized spacial score (nSPS) is 15.3. The van der Waals surface area contributed by atoms with E-state index < -0.39 is 5.97 Å². The van der Waals surface area contributed by atoms with E-state index in [0.29, 0.717) is 37.8 Å². The molecule has 1 fully saturated rings. The van der Waals surface area contributed by atoms with Gasteiger partial charge in [-0.1, -0.05) is 12.1 Å². The fourth-order valence-corrected chi connectivity index (χ4v) is 2.49. The van der Waals surface area contributed by atoms with E-state index in [1.165, 1.54) is 12.1 Å². The van der Waals surface area contributed by atoms with Gasteiger partial charge in [-0.3, -0.25) is 0 Å². The van der Waals surface area contributed by atoms with Crippen molar-refractivity contribution >= 4 is 17.5 Å². The molecule has 0 atom stereocenters. The smallest absolute Gasteiger partial charge is 0.371 e. The van der Waals surface area contributed by atoms with Gasteiger partial charge >= 0.3 is 5.97 Å². The van der Waals surface area contributed by atoms with Crippen molar-refractivity contribution in [3.8, 4) is 0 Å². The summed E-state index contributed by atoms with van der Waals surface area (Å²) in [5, 5.41) is 8.86. The average molecular weight is 290 g/mol. The predicted octanol–water partition coefficient (Wildman–Crippen LogP) is 2.44. The van der Waals surface area contributed by atoms with Crippen LogP contribution in [0.5, 0.6) is 0 Å². The first-order valence-corrected chi connectivity index (χ1v) is 6.73. The zero-order valence-electron chi connectivity index (χ0n) is 11.3. The average Bonchev–Trinajstić information content (AvgIpc) is 2.98. The maximum absolute atomic E-state index is 13.7. The van der Waals surface area contributed by atoms with Crippen molar-refractivity contribution in [1.29, 1.82) is 0 Å². The summed E-state index contributed by atoms with van der Waals surface area (Å²) in [5.41, 5.74) is 0.600. The highest BCUT2D eigenvalue weighted by molar-refractivity contribution is 5.84. The molecule has 2 aromatic rings. The summed E-state index contributed by atoms with van der Waals surface area (Å²) in [6.45, 7) is 2.62. The second-order valence-electron chi connectivity index (χ2n) is 4.87. The Morgan fingerprint density at radius 1 is 1.05 bits per heavy atom. The number of carboxylic acid groups (broad SMARTS) is 1. The maximum atomic E-state index is 13.7. The first-order chi connectivity index (χ1) is 10.1. The van der Waals surface area contributed by atoms with Crippen LogP contribution in [0, 0.1) is 5.82 Å². The highest BCUT2D eigenvalue weighted by Gasteiger charge is 2.22. The number of piperazine rings is 1. The summed E-state index contributed by atoms with van der Waals surface area (Å²) < 4.78 is 19.0. The van der Waals surface area contributed by atoms with Crippen molar-refractivity contribution in [2.24, 2.45) is 0 Å². The summed E-state index contributed by atoms with van der Waals surface area (Å²) in [7, 11) is 0. The number of anilines is 2. The van der Waals surface area contributed by atoms with Crippen molar-refractivity contribution in [2.75, 3.05) is 36.0 Å². The van der Waals surface area contributed by atoms with Crippen LogP contribution in [0.1, 0.15) is 10.6 Å². The van der Waals surface area contributed by atoms with Gasteiger partial charge in [-0.15, -0.1) is 0 Å². The first kappa shape index (κ1) is 13.5. The second-order valence-corrected chi connectivity index (χ2v) is 4.87. The monoisotopic (exact) mass is 290 g/mol. The Kier molecular flexibility index (Phi) is 3.51. The number of hydrogen-bond donors (Lipinski definition) is 1. The fourth-order valence-electron chi connectivity index (χ4n) is 2.49. The molecule has 0 aliphatic carbocycles. The molecule has 1 aliphatic rings. The summed E-state index contributed by atoms with van der Waals surface area (Å²) in [6.07, 6.45) is 0. The lowest BCUT2D eigenvalue weighted by atomic mass is 10.2. The molecule has 0 spiro atoms. The lowest BCUT2D eigenvalue weighted by Crippen LogP contribution is -2.46. The van der Waals surface area contributed by atoms with E-state index in [1.54, 1.807) is 18.2 Å². The van der Waals surface area contributed by atoms with Crippen LogP contribution in [0.2, 0.25) is 0 Å². The number of para-hydroxylation sites is 1. The zero-order chi connectivity index (χ0) is 14.8. The van der Waals surface area contributed by atoms with Crippen LogP contribution in [0.25, 0.3) is 0 Å². The minimum Gasteiger partial charge on any atom is -0.475 e. The number of furan rings is 1. The molecule has 1 aromatic carbocycles. The van der Waals surface area contributed by atoms with Crippen LogP contribution >= 0.6 is 0 Å². The van der Waals surface area contributed by atoms with E-state index in [1.807, 2.05) is 15.9 Å². The summed E-state index contributed by atoms with van der Waals surface area (Å²) in [6, 6.07) is 9.80. The van der Waals surface area contributed by atoms with Crippen LogP contribution in [0.15, 0.2) is 40.8 Å². The molecule has 0 bridgehead atoms. The third kappa shape index (κ3) is 2.69. The van der Waals surface area contributed by atoms with Gasteiger partial charge < -0.3 is 19.3 Å². The largest absolute Gasteiger partial charge is 0.475 e. The van der Waals surface area contributed by atoms with E-state index in [2.05, 4.69) is 0 Å². The van der Waals surface area contributed by atoms with Gasteiger partial charge in [0.2, 0.25) is 5.76 Å². The zero-order valence-corrected chi connectivity index (χ0v) is 11.3. The highest BCUT2D eigenvalue weighted by atomic mass is 19.1. The summed E-state index contributed by atoms with van der Waals surface area (Å²) in [4.78, 5) is 14.8. The summed E-state index contributed by atoms with van der Waals surface area (Å²) >= 11 is 0. The molecule has 110 valence electrons. The van der Waals surface area contributed by atoms with Gasteiger partial charge in [0.1, 0.15) is 5.82 Å². The lowest BCUT2D eigenvalue weighted by molar-refractivity contribution is 0.0663. The number of hydrogen-bond acceptors (Lipinski definition) is 4. The Hall–Kier alpha value is -2.50. The molecule has 21 heavy (non-hydrogen) atoms. The molecular weight excluding hydrogens is 275 g/mol. The molecule has 1 saturated heterocycles. The molecule has 5 nitrogen and oxygen atoms in total. The molecule has 2 heterocycles. The van der Waals surface area contributed by atoms with Crippen LogP contribution in [-0.4, -0.2) is 37.3 Å². The Morgan fingerprint density at radius 2 is 1.71 bits per heavy atom. The van der Waals surface area contributed by atoms with Gasteiger partial charge in [0.05, 0.1) is 5.69 Å². The van der Waals surface area contributed by atoms with Gasteiger partial charge in [0.25, 0.3) is 0 Å². The number of carboxylic acids is 1. The molecule has 1 aliphatic heterocycles. The van der Waals surface area contributed by atoms with E-state index in [9.17, 15) is 9.18 Å². The number of halogens is 1. The first-order valence-electron chi connectivity index (χ1n) is 6.73. The van der Waals surface area contributed by atoms with Crippen molar-refractivity contribution in [3.63, 3.8) is 0 Å². The fraction of sp³-hybridized carbons (Fsp3) is 0.267. The number of rotatable bonds is 3. The van der Waals surface area contributed by atoms with E-state index >= 15 is 0 Å². The highest BCUT2D eigenvalue weighted by Crippen LogP contribution is 2.24. The maximum Gasteiger partial charge on any atom is 0.371 e. The van der Waals surface area contributed by atoms with Crippen molar-refractivity contribution < 1.29 is 18.7 Å². The Bertz CT molecular complexity index is 648.